The largest absolute Gasteiger partial charge is 0.481 e. The van der Waals surface area contributed by atoms with Crippen molar-refractivity contribution >= 4 is 11.6 Å². The van der Waals surface area contributed by atoms with Crippen LogP contribution in [0.2, 0.25) is 0 Å². The number of methoxy groups -OCH3 is 1. The van der Waals surface area contributed by atoms with Crippen LogP contribution in [0.4, 0.5) is 0 Å². The highest BCUT2D eigenvalue weighted by atomic mass is 35.5. The van der Waals surface area contributed by atoms with Gasteiger partial charge in [-0.1, -0.05) is 18.9 Å². The van der Waals surface area contributed by atoms with Gasteiger partial charge in [-0.25, -0.2) is 4.98 Å². The molecule has 0 atom stereocenters. The molecule has 0 aliphatic heterocycles. The molecule has 18 heavy (non-hydrogen) atoms. The molecule has 3 nitrogen and oxygen atoms in total. The Labute approximate surface area is 114 Å². The highest BCUT2D eigenvalue weighted by Crippen LogP contribution is 2.24. The Morgan fingerprint density at radius 1 is 1.39 bits per heavy atom. The Kier molecular flexibility index (Phi) is 5.26. The Balaban J connectivity index is 2.02. The summed E-state index contributed by atoms with van der Waals surface area (Å²) in [6, 6.07) is 6.61. The number of hydrogen-bond donors (Lipinski definition) is 0. The zero-order valence-electron chi connectivity index (χ0n) is 10.9. The summed E-state index contributed by atoms with van der Waals surface area (Å²) in [6.45, 7) is 1.81. The molecule has 1 aromatic heterocycles. The summed E-state index contributed by atoms with van der Waals surface area (Å²) in [5.74, 6) is 1.37. The van der Waals surface area contributed by atoms with Gasteiger partial charge >= 0.3 is 0 Å². The lowest BCUT2D eigenvalue weighted by Gasteiger charge is -2.27. The second-order valence-electron chi connectivity index (χ2n) is 4.77. The molecule has 0 aromatic carbocycles. The van der Waals surface area contributed by atoms with Gasteiger partial charge in [0.2, 0.25) is 5.88 Å². The van der Waals surface area contributed by atoms with E-state index in [4.69, 9.17) is 16.3 Å². The first-order valence-electron chi connectivity index (χ1n) is 6.63. The van der Waals surface area contributed by atoms with E-state index in [1.165, 1.54) is 25.7 Å². The van der Waals surface area contributed by atoms with E-state index in [9.17, 15) is 0 Å². The number of nitrogens with zero attached hydrogens (tertiary/aromatic N) is 2. The molecular weight excluding hydrogens is 248 g/mol. The van der Waals surface area contributed by atoms with E-state index >= 15 is 0 Å². The molecule has 0 unspecified atom stereocenters. The molecule has 2 rings (SSSR count). The minimum Gasteiger partial charge on any atom is -0.481 e. The van der Waals surface area contributed by atoms with Crippen LogP contribution in [0, 0.1) is 0 Å². The monoisotopic (exact) mass is 268 g/mol. The van der Waals surface area contributed by atoms with Gasteiger partial charge in [-0.3, -0.25) is 4.90 Å². The van der Waals surface area contributed by atoms with Gasteiger partial charge < -0.3 is 4.74 Å². The number of hydrogen-bond acceptors (Lipinski definition) is 3. The van der Waals surface area contributed by atoms with Crippen LogP contribution in [0.3, 0.4) is 0 Å². The molecule has 1 saturated carbocycles. The fourth-order valence-electron chi connectivity index (χ4n) is 2.64. The molecule has 0 spiro atoms. The van der Waals surface area contributed by atoms with Crippen LogP contribution in [0.15, 0.2) is 18.2 Å². The maximum atomic E-state index is 5.91. The second kappa shape index (κ2) is 6.95. The van der Waals surface area contributed by atoms with Crippen molar-refractivity contribution in [1.82, 2.24) is 9.88 Å². The molecule has 0 saturated heterocycles. The zero-order valence-corrected chi connectivity index (χ0v) is 11.7. The van der Waals surface area contributed by atoms with E-state index in [1.807, 2.05) is 12.1 Å². The Morgan fingerprint density at radius 2 is 2.17 bits per heavy atom. The van der Waals surface area contributed by atoms with Gasteiger partial charge in [0.05, 0.1) is 12.8 Å². The van der Waals surface area contributed by atoms with Crippen LogP contribution in [0.1, 0.15) is 31.4 Å². The predicted octanol–water partition coefficient (Wildman–Crippen LogP) is 3.07. The second-order valence-corrected chi connectivity index (χ2v) is 5.15. The van der Waals surface area contributed by atoms with Crippen molar-refractivity contribution in [3.63, 3.8) is 0 Å². The van der Waals surface area contributed by atoms with Gasteiger partial charge in [-0.15, -0.1) is 11.6 Å². The van der Waals surface area contributed by atoms with Crippen LogP contribution in [0.5, 0.6) is 5.88 Å². The molecule has 1 aliphatic rings. The van der Waals surface area contributed by atoms with Crippen molar-refractivity contribution in [2.24, 2.45) is 0 Å². The Bertz CT molecular complexity index is 367. The molecule has 1 heterocycles. The molecule has 100 valence electrons. The summed E-state index contributed by atoms with van der Waals surface area (Å²) in [7, 11) is 1.65. The van der Waals surface area contributed by atoms with Crippen LogP contribution in [-0.2, 0) is 6.54 Å². The summed E-state index contributed by atoms with van der Waals surface area (Å²) >= 11 is 5.91. The lowest BCUT2D eigenvalue weighted by atomic mass is 10.2. The third-order valence-electron chi connectivity index (χ3n) is 3.57. The van der Waals surface area contributed by atoms with Gasteiger partial charge in [0.25, 0.3) is 0 Å². The van der Waals surface area contributed by atoms with Crippen molar-refractivity contribution in [3.05, 3.63) is 23.9 Å². The van der Waals surface area contributed by atoms with E-state index in [1.54, 1.807) is 7.11 Å². The number of halogens is 1. The lowest BCUT2D eigenvalue weighted by Crippen LogP contribution is -2.34. The fourth-order valence-corrected chi connectivity index (χ4v) is 2.85. The highest BCUT2D eigenvalue weighted by molar-refractivity contribution is 6.18. The van der Waals surface area contributed by atoms with Crippen molar-refractivity contribution in [2.45, 2.75) is 38.3 Å². The third kappa shape index (κ3) is 3.59. The van der Waals surface area contributed by atoms with Gasteiger partial charge in [-0.05, 0) is 18.9 Å². The van der Waals surface area contributed by atoms with Gasteiger partial charge in [0.15, 0.2) is 0 Å². The molecule has 1 aromatic rings. The van der Waals surface area contributed by atoms with Crippen molar-refractivity contribution in [3.8, 4) is 5.88 Å². The van der Waals surface area contributed by atoms with E-state index < -0.39 is 0 Å². The van der Waals surface area contributed by atoms with Crippen molar-refractivity contribution in [2.75, 3.05) is 19.5 Å². The minimum absolute atomic E-state index is 0.678. The average Bonchev–Trinajstić information content (AvgIpc) is 2.92. The lowest BCUT2D eigenvalue weighted by molar-refractivity contribution is 0.198. The molecule has 1 aliphatic carbocycles. The summed E-state index contributed by atoms with van der Waals surface area (Å²) in [5.41, 5.74) is 1.06. The van der Waals surface area contributed by atoms with Crippen LogP contribution < -0.4 is 4.74 Å². The number of ether oxygens (including phenoxy) is 1. The van der Waals surface area contributed by atoms with Crippen LogP contribution in [-0.4, -0.2) is 35.5 Å². The van der Waals surface area contributed by atoms with Gasteiger partial charge in [0, 0.05) is 31.1 Å². The zero-order chi connectivity index (χ0) is 12.8. The first-order valence-corrected chi connectivity index (χ1v) is 7.17. The normalized spacial score (nSPS) is 16.4. The molecule has 4 heteroatoms. The summed E-state index contributed by atoms with van der Waals surface area (Å²) in [5, 5.41) is 0. The quantitative estimate of drug-likeness (QED) is 0.742. The fraction of sp³-hybridized carbons (Fsp3) is 0.643. The van der Waals surface area contributed by atoms with E-state index in [0.717, 1.165) is 18.8 Å². The van der Waals surface area contributed by atoms with Crippen molar-refractivity contribution < 1.29 is 4.74 Å². The Hall–Kier alpha value is -0.800. The van der Waals surface area contributed by atoms with E-state index in [0.29, 0.717) is 17.8 Å². The third-order valence-corrected chi connectivity index (χ3v) is 3.74. The number of alkyl halides is 1. The highest BCUT2D eigenvalue weighted by Gasteiger charge is 2.22. The topological polar surface area (TPSA) is 25.4 Å². The molecule has 1 fully saturated rings. The summed E-state index contributed by atoms with van der Waals surface area (Å²) in [6.07, 6.45) is 5.27. The minimum atomic E-state index is 0.678. The standard InChI is InChI=1S/C14H21ClN2O/c1-18-14-8-4-5-12(16-14)11-17(10-9-15)13-6-2-3-7-13/h4-5,8,13H,2-3,6-7,9-11H2,1H3. The van der Waals surface area contributed by atoms with E-state index in [-0.39, 0.29) is 0 Å². The average molecular weight is 269 g/mol. The maximum Gasteiger partial charge on any atom is 0.213 e. The number of aromatic nitrogens is 1. The summed E-state index contributed by atoms with van der Waals surface area (Å²) < 4.78 is 5.17. The Morgan fingerprint density at radius 3 is 2.83 bits per heavy atom. The molecular formula is C14H21ClN2O. The van der Waals surface area contributed by atoms with Crippen molar-refractivity contribution in [1.29, 1.82) is 0 Å². The predicted molar refractivity (Wildman–Crippen MR) is 74.2 cm³/mol. The molecule has 0 N–H and O–H groups in total. The van der Waals surface area contributed by atoms with Crippen LogP contribution in [0.25, 0.3) is 0 Å². The number of rotatable bonds is 6. The van der Waals surface area contributed by atoms with Gasteiger partial charge in [0.1, 0.15) is 0 Å². The molecule has 0 amide bonds. The van der Waals surface area contributed by atoms with E-state index in [2.05, 4.69) is 16.0 Å². The SMILES string of the molecule is COc1cccc(CN(CCCl)C2CCCC2)n1. The first-order chi connectivity index (χ1) is 8.83. The smallest absolute Gasteiger partial charge is 0.213 e. The first kappa shape index (κ1) is 13.6. The molecule has 0 radical (unpaired) electrons. The maximum absolute atomic E-state index is 5.91. The number of pyridine rings is 1. The van der Waals surface area contributed by atoms with Gasteiger partial charge in [-0.2, -0.15) is 0 Å². The summed E-state index contributed by atoms with van der Waals surface area (Å²) in [4.78, 5) is 6.94. The molecule has 0 bridgehead atoms. The van der Waals surface area contributed by atoms with Crippen LogP contribution >= 0.6 is 11.6 Å².